The minimum atomic E-state index is 0.312. The molecule has 1 fully saturated rings. The van der Waals surface area contributed by atoms with Crippen molar-refractivity contribution in [2.45, 2.75) is 25.3 Å². The van der Waals surface area contributed by atoms with Crippen molar-refractivity contribution in [1.82, 2.24) is 10.2 Å². The lowest BCUT2D eigenvalue weighted by atomic mass is 9.88. The van der Waals surface area contributed by atoms with Gasteiger partial charge in [0.15, 0.2) is 0 Å². The summed E-state index contributed by atoms with van der Waals surface area (Å²) in [6.07, 6.45) is 3.42. The second kappa shape index (κ2) is 5.58. The summed E-state index contributed by atoms with van der Waals surface area (Å²) in [6, 6.07) is 0.562. The number of rotatable bonds is 4. The van der Waals surface area contributed by atoms with Crippen LogP contribution in [0.15, 0.2) is 0 Å². The Kier molecular flexibility index (Phi) is 4.70. The van der Waals surface area contributed by atoms with Crippen molar-refractivity contribution < 1.29 is 5.11 Å². The molecule has 2 N–H and O–H groups in total. The number of aliphatic hydroxyl groups is 1. The number of nitrogens with zero attached hydrogens (tertiary/aromatic N) is 1. The van der Waals surface area contributed by atoms with Gasteiger partial charge in [-0.2, -0.15) is 0 Å². The molecular weight excluding hydrogens is 164 g/mol. The molecule has 3 nitrogen and oxygen atoms in total. The van der Waals surface area contributed by atoms with Crippen LogP contribution in [0.3, 0.4) is 0 Å². The zero-order valence-corrected chi connectivity index (χ0v) is 8.79. The van der Waals surface area contributed by atoms with Crippen molar-refractivity contribution >= 4 is 0 Å². The van der Waals surface area contributed by atoms with Gasteiger partial charge >= 0.3 is 0 Å². The van der Waals surface area contributed by atoms with Crippen LogP contribution in [0.25, 0.3) is 0 Å². The van der Waals surface area contributed by atoms with E-state index in [0.29, 0.717) is 12.6 Å². The number of piperidine rings is 1. The maximum Gasteiger partial charge on any atom is 0.0446 e. The second-order valence-corrected chi connectivity index (χ2v) is 4.13. The number of aliphatic hydroxyl groups excluding tert-OH is 1. The van der Waals surface area contributed by atoms with Gasteiger partial charge in [0.2, 0.25) is 0 Å². The summed E-state index contributed by atoms with van der Waals surface area (Å²) in [7, 11) is 4.23. The number of hydrogen-bond donors (Lipinski definition) is 2. The molecule has 0 aromatic carbocycles. The average Bonchev–Trinajstić information content (AvgIpc) is 2.15. The third kappa shape index (κ3) is 3.25. The standard InChI is InChI=1S/C10H22N2O/c1-12(2)10(5-8-13)9-3-6-11-7-4-9/h9-11,13H,3-8H2,1-2H3. The molecule has 0 bridgehead atoms. The van der Waals surface area contributed by atoms with Crippen LogP contribution in [0.1, 0.15) is 19.3 Å². The Labute approximate surface area is 81.1 Å². The molecule has 0 aromatic heterocycles. The van der Waals surface area contributed by atoms with Crippen LogP contribution in [0, 0.1) is 5.92 Å². The first-order valence-corrected chi connectivity index (χ1v) is 5.23. The van der Waals surface area contributed by atoms with Crippen molar-refractivity contribution in [1.29, 1.82) is 0 Å². The van der Waals surface area contributed by atoms with Gasteiger partial charge in [-0.3, -0.25) is 0 Å². The molecule has 0 spiro atoms. The van der Waals surface area contributed by atoms with Gasteiger partial charge in [-0.1, -0.05) is 0 Å². The minimum absolute atomic E-state index is 0.312. The molecule has 0 aliphatic carbocycles. The Bertz CT molecular complexity index is 133. The van der Waals surface area contributed by atoms with E-state index in [2.05, 4.69) is 24.3 Å². The highest BCUT2D eigenvalue weighted by Crippen LogP contribution is 2.21. The molecule has 0 amide bonds. The Morgan fingerprint density at radius 1 is 1.38 bits per heavy atom. The molecule has 78 valence electrons. The Hall–Kier alpha value is -0.120. The van der Waals surface area contributed by atoms with Gasteiger partial charge in [0, 0.05) is 12.6 Å². The van der Waals surface area contributed by atoms with Gasteiger partial charge in [-0.15, -0.1) is 0 Å². The summed E-state index contributed by atoms with van der Waals surface area (Å²) in [5.41, 5.74) is 0. The molecule has 1 unspecified atom stereocenters. The van der Waals surface area contributed by atoms with Crippen LogP contribution in [0.2, 0.25) is 0 Å². The van der Waals surface area contributed by atoms with Gasteiger partial charge < -0.3 is 15.3 Å². The number of nitrogens with one attached hydrogen (secondary N) is 1. The van der Waals surface area contributed by atoms with Crippen LogP contribution in [-0.4, -0.2) is 49.8 Å². The van der Waals surface area contributed by atoms with Gasteiger partial charge in [-0.05, 0) is 52.4 Å². The SMILES string of the molecule is CN(C)C(CCO)C1CCNCC1. The van der Waals surface area contributed by atoms with Crippen molar-refractivity contribution in [2.24, 2.45) is 5.92 Å². The highest BCUT2D eigenvalue weighted by molar-refractivity contribution is 4.80. The molecule has 1 rings (SSSR count). The number of hydrogen-bond acceptors (Lipinski definition) is 3. The summed E-state index contributed by atoms with van der Waals surface area (Å²) in [5.74, 6) is 0.767. The van der Waals surface area contributed by atoms with E-state index < -0.39 is 0 Å². The smallest absolute Gasteiger partial charge is 0.0446 e. The molecule has 1 aliphatic rings. The van der Waals surface area contributed by atoms with Gasteiger partial charge in [0.05, 0.1) is 0 Å². The maximum atomic E-state index is 8.97. The molecule has 13 heavy (non-hydrogen) atoms. The van der Waals surface area contributed by atoms with Gasteiger partial charge in [0.25, 0.3) is 0 Å². The van der Waals surface area contributed by atoms with Gasteiger partial charge in [-0.25, -0.2) is 0 Å². The van der Waals surface area contributed by atoms with E-state index in [1.807, 2.05) is 0 Å². The first kappa shape index (κ1) is 11.0. The fraction of sp³-hybridized carbons (Fsp3) is 1.00. The van der Waals surface area contributed by atoms with Crippen molar-refractivity contribution in [3.05, 3.63) is 0 Å². The van der Waals surface area contributed by atoms with Crippen molar-refractivity contribution in [3.8, 4) is 0 Å². The van der Waals surface area contributed by atoms with Crippen LogP contribution in [0.4, 0.5) is 0 Å². The summed E-state index contributed by atoms with van der Waals surface area (Å²) in [6.45, 7) is 2.59. The zero-order valence-electron chi connectivity index (χ0n) is 8.79. The second-order valence-electron chi connectivity index (χ2n) is 4.13. The Morgan fingerprint density at radius 3 is 2.46 bits per heavy atom. The van der Waals surface area contributed by atoms with E-state index in [1.165, 1.54) is 12.8 Å². The first-order chi connectivity index (χ1) is 6.25. The van der Waals surface area contributed by atoms with Gasteiger partial charge in [0.1, 0.15) is 0 Å². The zero-order chi connectivity index (χ0) is 9.68. The van der Waals surface area contributed by atoms with Crippen LogP contribution >= 0.6 is 0 Å². The van der Waals surface area contributed by atoms with E-state index in [9.17, 15) is 0 Å². The third-order valence-corrected chi connectivity index (χ3v) is 3.02. The maximum absolute atomic E-state index is 8.97. The van der Waals surface area contributed by atoms with E-state index in [1.54, 1.807) is 0 Å². The molecule has 1 heterocycles. The van der Waals surface area contributed by atoms with E-state index in [-0.39, 0.29) is 0 Å². The van der Waals surface area contributed by atoms with Crippen LogP contribution in [0.5, 0.6) is 0 Å². The lowest BCUT2D eigenvalue weighted by molar-refractivity contribution is 0.138. The van der Waals surface area contributed by atoms with E-state index in [0.717, 1.165) is 25.4 Å². The summed E-state index contributed by atoms with van der Waals surface area (Å²) >= 11 is 0. The minimum Gasteiger partial charge on any atom is -0.396 e. The third-order valence-electron chi connectivity index (χ3n) is 3.02. The largest absolute Gasteiger partial charge is 0.396 e. The van der Waals surface area contributed by atoms with Crippen molar-refractivity contribution in [3.63, 3.8) is 0 Å². The molecule has 0 saturated carbocycles. The molecule has 1 atom stereocenters. The first-order valence-electron chi connectivity index (χ1n) is 5.23. The quantitative estimate of drug-likeness (QED) is 0.663. The summed E-state index contributed by atoms with van der Waals surface area (Å²) < 4.78 is 0. The molecule has 1 saturated heterocycles. The van der Waals surface area contributed by atoms with E-state index in [4.69, 9.17) is 5.11 Å². The fourth-order valence-electron chi connectivity index (χ4n) is 2.28. The Balaban J connectivity index is 2.41. The average molecular weight is 186 g/mol. The van der Waals surface area contributed by atoms with Crippen molar-refractivity contribution in [2.75, 3.05) is 33.8 Å². The fourth-order valence-corrected chi connectivity index (χ4v) is 2.28. The van der Waals surface area contributed by atoms with Crippen LogP contribution in [-0.2, 0) is 0 Å². The molecular formula is C10H22N2O. The highest BCUT2D eigenvalue weighted by Gasteiger charge is 2.24. The normalized spacial score (nSPS) is 22.2. The summed E-state index contributed by atoms with van der Waals surface area (Å²) in [4.78, 5) is 2.26. The lowest BCUT2D eigenvalue weighted by Gasteiger charge is -2.34. The molecule has 0 radical (unpaired) electrons. The predicted octanol–water partition coefficient (Wildman–Crippen LogP) is 0.299. The molecule has 3 heteroatoms. The highest BCUT2D eigenvalue weighted by atomic mass is 16.3. The molecule has 1 aliphatic heterocycles. The topological polar surface area (TPSA) is 35.5 Å². The van der Waals surface area contributed by atoms with E-state index >= 15 is 0 Å². The van der Waals surface area contributed by atoms with Crippen LogP contribution < -0.4 is 5.32 Å². The Morgan fingerprint density at radius 2 is 2.00 bits per heavy atom. The summed E-state index contributed by atoms with van der Waals surface area (Å²) in [5, 5.41) is 12.3. The lowest BCUT2D eigenvalue weighted by Crippen LogP contribution is -2.41. The molecule has 0 aromatic rings. The monoisotopic (exact) mass is 186 g/mol. The predicted molar refractivity (Wildman–Crippen MR) is 54.8 cm³/mol.